The fraction of sp³-hybridized carbons (Fsp3) is 0.261. The predicted molar refractivity (Wildman–Crippen MR) is 116 cm³/mol. The third kappa shape index (κ3) is 4.19. The molecule has 1 amide bonds. The molecule has 3 aromatic rings. The van der Waals surface area contributed by atoms with Crippen molar-refractivity contribution in [2.45, 2.75) is 26.4 Å². The van der Waals surface area contributed by atoms with Gasteiger partial charge in [-0.05, 0) is 50.7 Å². The summed E-state index contributed by atoms with van der Waals surface area (Å²) in [6.07, 6.45) is 0. The molecule has 0 spiro atoms. The zero-order valence-electron chi connectivity index (χ0n) is 17.6. The number of rotatable bonds is 6. The van der Waals surface area contributed by atoms with Gasteiger partial charge in [-0.15, -0.1) is 0 Å². The number of hydrogen-bond acceptors (Lipinski definition) is 4. The molecule has 7 heteroatoms. The average molecular weight is 403 g/mol. The van der Waals surface area contributed by atoms with Crippen LogP contribution < -0.4 is 10.9 Å². The number of nitriles is 1. The lowest BCUT2D eigenvalue weighted by atomic mass is 10.1. The molecule has 1 aromatic heterocycles. The van der Waals surface area contributed by atoms with Crippen LogP contribution in [0.5, 0.6) is 0 Å². The maximum Gasteiger partial charge on any atom is 0.295 e. The summed E-state index contributed by atoms with van der Waals surface area (Å²) in [4.78, 5) is 27.7. The van der Waals surface area contributed by atoms with Gasteiger partial charge in [-0.3, -0.25) is 19.2 Å². The molecule has 0 saturated heterocycles. The van der Waals surface area contributed by atoms with Gasteiger partial charge in [0, 0.05) is 13.6 Å². The van der Waals surface area contributed by atoms with Gasteiger partial charge in [0.2, 0.25) is 5.91 Å². The van der Waals surface area contributed by atoms with Gasteiger partial charge in [-0.1, -0.05) is 30.3 Å². The number of nitrogens with one attached hydrogen (secondary N) is 1. The minimum atomic E-state index is -0.472. The van der Waals surface area contributed by atoms with Crippen molar-refractivity contribution in [1.29, 1.82) is 5.26 Å². The second kappa shape index (κ2) is 8.80. The topological polar surface area (TPSA) is 83.1 Å². The number of hydrogen-bond donors (Lipinski definition) is 1. The molecule has 0 aliphatic heterocycles. The molecule has 1 N–H and O–H groups in total. The van der Waals surface area contributed by atoms with Crippen LogP contribution in [0, 0.1) is 18.3 Å². The second-order valence-corrected chi connectivity index (χ2v) is 7.33. The van der Waals surface area contributed by atoms with Gasteiger partial charge >= 0.3 is 0 Å². The van der Waals surface area contributed by atoms with Crippen molar-refractivity contribution in [2.24, 2.45) is 7.05 Å². The summed E-state index contributed by atoms with van der Waals surface area (Å²) in [5.74, 6) is -0.264. The Morgan fingerprint density at radius 1 is 1.20 bits per heavy atom. The van der Waals surface area contributed by atoms with Crippen LogP contribution in [0.2, 0.25) is 0 Å². The third-order valence-corrected chi connectivity index (χ3v) is 5.33. The van der Waals surface area contributed by atoms with Crippen molar-refractivity contribution in [1.82, 2.24) is 14.3 Å². The number of carbonyl (C=O) groups excluding carboxylic acids is 1. The molecule has 0 aliphatic carbocycles. The molecular formula is C23H25N5O2. The Kier molecular flexibility index (Phi) is 6.19. The van der Waals surface area contributed by atoms with Gasteiger partial charge < -0.3 is 5.32 Å². The Bertz CT molecular complexity index is 1150. The highest BCUT2D eigenvalue weighted by Crippen LogP contribution is 2.15. The van der Waals surface area contributed by atoms with E-state index in [1.807, 2.05) is 54.4 Å². The van der Waals surface area contributed by atoms with Gasteiger partial charge in [-0.25, -0.2) is 4.68 Å². The van der Waals surface area contributed by atoms with E-state index in [9.17, 15) is 9.59 Å². The quantitative estimate of drug-likeness (QED) is 0.686. The van der Waals surface area contributed by atoms with E-state index in [0.29, 0.717) is 17.8 Å². The van der Waals surface area contributed by atoms with Gasteiger partial charge in [0.05, 0.1) is 29.1 Å². The smallest absolute Gasteiger partial charge is 0.295 e. The van der Waals surface area contributed by atoms with Crippen molar-refractivity contribution in [2.75, 3.05) is 12.4 Å². The van der Waals surface area contributed by atoms with Crippen molar-refractivity contribution < 1.29 is 4.79 Å². The number of anilines is 1. The fourth-order valence-electron chi connectivity index (χ4n) is 3.30. The van der Waals surface area contributed by atoms with Crippen LogP contribution in [0.25, 0.3) is 5.69 Å². The van der Waals surface area contributed by atoms with Crippen LogP contribution in [0.15, 0.2) is 59.4 Å². The number of likely N-dealkylation sites (N-methyl/N-ethyl adjacent to an activating group) is 1. The summed E-state index contributed by atoms with van der Waals surface area (Å²) < 4.78 is 3.27. The lowest BCUT2D eigenvalue weighted by molar-refractivity contribution is -0.120. The Balaban J connectivity index is 1.78. The van der Waals surface area contributed by atoms with Crippen LogP contribution in [-0.4, -0.2) is 33.3 Å². The van der Waals surface area contributed by atoms with Crippen molar-refractivity contribution in [3.05, 3.63) is 81.8 Å². The Labute approximate surface area is 175 Å². The largest absolute Gasteiger partial charge is 0.319 e. The molecule has 154 valence electrons. The highest BCUT2D eigenvalue weighted by atomic mass is 16.2. The molecule has 0 aliphatic rings. The number of aromatic nitrogens is 2. The summed E-state index contributed by atoms with van der Waals surface area (Å²) in [7, 11) is 3.63. The first-order valence-electron chi connectivity index (χ1n) is 9.67. The summed E-state index contributed by atoms with van der Waals surface area (Å²) >= 11 is 0. The number of nitrogens with zero attached hydrogens (tertiary/aromatic N) is 4. The van der Waals surface area contributed by atoms with Crippen LogP contribution >= 0.6 is 0 Å². The summed E-state index contributed by atoms with van der Waals surface area (Å²) in [5.41, 5.74) is 2.94. The number of para-hydroxylation sites is 1. The number of amides is 1. The molecule has 0 bridgehead atoms. The molecule has 0 radical (unpaired) electrons. The van der Waals surface area contributed by atoms with Crippen molar-refractivity contribution in [3.8, 4) is 11.8 Å². The molecule has 3 rings (SSSR count). The van der Waals surface area contributed by atoms with E-state index in [0.717, 1.165) is 11.3 Å². The maximum absolute atomic E-state index is 13.0. The molecular weight excluding hydrogens is 378 g/mol. The zero-order chi connectivity index (χ0) is 21.8. The molecule has 1 atom stereocenters. The lowest BCUT2D eigenvalue weighted by Gasteiger charge is -2.23. The molecule has 1 unspecified atom stereocenters. The van der Waals surface area contributed by atoms with Gasteiger partial charge in [0.1, 0.15) is 5.69 Å². The van der Waals surface area contributed by atoms with Gasteiger partial charge in [-0.2, -0.15) is 5.26 Å². The summed E-state index contributed by atoms with van der Waals surface area (Å²) in [6.45, 7) is 4.10. The monoisotopic (exact) mass is 403 g/mol. The number of carbonyl (C=O) groups is 1. The Morgan fingerprint density at radius 3 is 2.57 bits per heavy atom. The number of benzene rings is 2. The summed E-state index contributed by atoms with van der Waals surface area (Å²) in [6, 6.07) is 18.2. The van der Waals surface area contributed by atoms with Crippen molar-refractivity contribution >= 4 is 11.6 Å². The van der Waals surface area contributed by atoms with Crippen LogP contribution in [-0.2, 0) is 18.4 Å². The Hall–Kier alpha value is -3.63. The van der Waals surface area contributed by atoms with E-state index in [1.165, 1.54) is 4.68 Å². The van der Waals surface area contributed by atoms with Gasteiger partial charge in [0.15, 0.2) is 0 Å². The van der Waals surface area contributed by atoms with E-state index < -0.39 is 6.04 Å². The first kappa shape index (κ1) is 21.1. The lowest BCUT2D eigenvalue weighted by Crippen LogP contribution is -2.40. The molecule has 0 saturated carbocycles. The van der Waals surface area contributed by atoms with Gasteiger partial charge in [0.25, 0.3) is 5.56 Å². The standard InChI is InChI=1S/C23H25N5O2/c1-16-21(23(30)28(27(16)4)20-11-6-5-7-12-20)25-22(29)17(2)26(3)15-19-10-8-9-18(13-19)14-24/h5-13,17H,15H2,1-4H3,(H,25,29). The second-order valence-electron chi connectivity index (χ2n) is 7.33. The van der Waals surface area contributed by atoms with Crippen LogP contribution in [0.1, 0.15) is 23.7 Å². The third-order valence-electron chi connectivity index (χ3n) is 5.33. The molecule has 30 heavy (non-hydrogen) atoms. The highest BCUT2D eigenvalue weighted by molar-refractivity contribution is 5.94. The average Bonchev–Trinajstić information content (AvgIpc) is 2.96. The highest BCUT2D eigenvalue weighted by Gasteiger charge is 2.23. The maximum atomic E-state index is 13.0. The predicted octanol–water partition coefficient (Wildman–Crippen LogP) is 2.82. The van der Waals surface area contributed by atoms with Crippen LogP contribution in [0.4, 0.5) is 5.69 Å². The first-order valence-corrected chi connectivity index (χ1v) is 9.67. The summed E-state index contributed by atoms with van der Waals surface area (Å²) in [5, 5.41) is 11.9. The van der Waals surface area contributed by atoms with E-state index in [-0.39, 0.29) is 17.2 Å². The normalized spacial score (nSPS) is 11.9. The Morgan fingerprint density at radius 2 is 1.90 bits per heavy atom. The fourth-order valence-corrected chi connectivity index (χ4v) is 3.30. The first-order chi connectivity index (χ1) is 14.3. The molecule has 7 nitrogen and oxygen atoms in total. The van der Waals surface area contributed by atoms with E-state index in [4.69, 9.17) is 5.26 Å². The minimum absolute atomic E-state index is 0.264. The van der Waals surface area contributed by atoms with E-state index >= 15 is 0 Å². The van der Waals surface area contributed by atoms with Crippen LogP contribution in [0.3, 0.4) is 0 Å². The zero-order valence-corrected chi connectivity index (χ0v) is 17.6. The SMILES string of the molecule is Cc1c(NC(=O)C(C)N(C)Cc2cccc(C#N)c2)c(=O)n(-c2ccccc2)n1C. The molecule has 2 aromatic carbocycles. The molecule has 1 heterocycles. The van der Waals surface area contributed by atoms with E-state index in [1.54, 1.807) is 37.7 Å². The van der Waals surface area contributed by atoms with E-state index in [2.05, 4.69) is 11.4 Å². The molecule has 0 fully saturated rings. The minimum Gasteiger partial charge on any atom is -0.319 e. The van der Waals surface area contributed by atoms with Crippen molar-refractivity contribution in [3.63, 3.8) is 0 Å².